The molecule has 1 fully saturated rings. The number of pyridine rings is 1. The van der Waals surface area contributed by atoms with Crippen molar-refractivity contribution >= 4 is 5.96 Å². The summed E-state index contributed by atoms with van der Waals surface area (Å²) >= 11 is 0. The van der Waals surface area contributed by atoms with Crippen molar-refractivity contribution in [3.63, 3.8) is 0 Å². The number of nitrogens with zero attached hydrogens (tertiary/aromatic N) is 3. The quantitative estimate of drug-likeness (QED) is 0.662. The topological polar surface area (TPSA) is 40.5 Å². The molecule has 1 aromatic heterocycles. The maximum atomic E-state index is 4.41. The van der Waals surface area contributed by atoms with Gasteiger partial charge in [-0.2, -0.15) is 0 Å². The van der Waals surface area contributed by atoms with Crippen molar-refractivity contribution < 1.29 is 0 Å². The summed E-state index contributed by atoms with van der Waals surface area (Å²) in [6, 6.07) is 4.10. The van der Waals surface area contributed by atoms with E-state index in [1.165, 1.54) is 24.8 Å². The highest BCUT2D eigenvalue weighted by molar-refractivity contribution is 5.80. The second kappa shape index (κ2) is 7.88. The van der Waals surface area contributed by atoms with E-state index in [0.717, 1.165) is 37.9 Å². The van der Waals surface area contributed by atoms with E-state index < -0.39 is 0 Å². The molecule has 0 aliphatic carbocycles. The highest BCUT2D eigenvalue weighted by atomic mass is 15.3. The molecule has 1 N–H and O–H groups in total. The number of likely N-dealkylation sites (tertiary alicyclic amines) is 1. The van der Waals surface area contributed by atoms with Crippen molar-refractivity contribution in [2.75, 3.05) is 26.7 Å². The van der Waals surface area contributed by atoms with Crippen LogP contribution in [0, 0.1) is 5.92 Å². The van der Waals surface area contributed by atoms with E-state index in [1.54, 1.807) is 0 Å². The number of aromatic nitrogens is 1. The van der Waals surface area contributed by atoms with Crippen LogP contribution in [0.1, 0.15) is 31.7 Å². The van der Waals surface area contributed by atoms with E-state index in [9.17, 15) is 0 Å². The molecule has 4 nitrogen and oxygen atoms in total. The summed E-state index contributed by atoms with van der Waals surface area (Å²) < 4.78 is 0. The molecule has 0 amide bonds. The maximum absolute atomic E-state index is 4.41. The van der Waals surface area contributed by atoms with Gasteiger partial charge in [-0.25, -0.2) is 0 Å². The van der Waals surface area contributed by atoms with Gasteiger partial charge in [0.1, 0.15) is 0 Å². The molecule has 0 unspecified atom stereocenters. The molecular formula is C16H26N4. The Morgan fingerprint density at radius 1 is 1.55 bits per heavy atom. The van der Waals surface area contributed by atoms with Crippen LogP contribution in [0.3, 0.4) is 0 Å². The van der Waals surface area contributed by atoms with Crippen molar-refractivity contribution in [2.24, 2.45) is 10.9 Å². The van der Waals surface area contributed by atoms with Crippen molar-refractivity contribution in [2.45, 2.75) is 32.6 Å². The normalized spacial score (nSPS) is 19.4. The van der Waals surface area contributed by atoms with Gasteiger partial charge in [0.15, 0.2) is 5.96 Å². The van der Waals surface area contributed by atoms with E-state index in [1.807, 2.05) is 25.5 Å². The third-order valence-corrected chi connectivity index (χ3v) is 3.91. The summed E-state index contributed by atoms with van der Waals surface area (Å²) in [5.74, 6) is 1.89. The number of nitrogens with one attached hydrogen (secondary N) is 1. The van der Waals surface area contributed by atoms with Gasteiger partial charge < -0.3 is 10.2 Å². The molecular weight excluding hydrogens is 248 g/mol. The van der Waals surface area contributed by atoms with Crippen LogP contribution in [-0.4, -0.2) is 42.5 Å². The molecule has 1 aliphatic rings. The lowest BCUT2D eigenvalue weighted by atomic mass is 10.0. The molecule has 2 rings (SSSR count). The van der Waals surface area contributed by atoms with Gasteiger partial charge in [-0.05, 0) is 36.8 Å². The number of hydrogen-bond donors (Lipinski definition) is 1. The molecule has 1 aromatic rings. The van der Waals surface area contributed by atoms with E-state index >= 15 is 0 Å². The maximum Gasteiger partial charge on any atom is 0.193 e. The van der Waals surface area contributed by atoms with Gasteiger partial charge >= 0.3 is 0 Å². The molecule has 0 saturated carbocycles. The highest BCUT2D eigenvalue weighted by Gasteiger charge is 2.23. The van der Waals surface area contributed by atoms with Crippen LogP contribution in [0.15, 0.2) is 29.5 Å². The van der Waals surface area contributed by atoms with Crippen molar-refractivity contribution in [1.29, 1.82) is 0 Å². The SMILES string of the molecule is CCC[C@@H]1CCN(C(=NC)NCCc2cccnc2)C1. The smallest absolute Gasteiger partial charge is 0.193 e. The van der Waals surface area contributed by atoms with Gasteiger partial charge in [-0.3, -0.25) is 9.98 Å². The van der Waals surface area contributed by atoms with Gasteiger partial charge in [0.2, 0.25) is 0 Å². The highest BCUT2D eigenvalue weighted by Crippen LogP contribution is 2.20. The zero-order chi connectivity index (χ0) is 14.2. The van der Waals surface area contributed by atoms with E-state index in [0.29, 0.717) is 0 Å². The van der Waals surface area contributed by atoms with Gasteiger partial charge in [0.05, 0.1) is 0 Å². The fourth-order valence-electron chi connectivity index (χ4n) is 2.87. The first-order chi connectivity index (χ1) is 9.83. The molecule has 2 heterocycles. The van der Waals surface area contributed by atoms with Crippen molar-refractivity contribution in [1.82, 2.24) is 15.2 Å². The third kappa shape index (κ3) is 4.22. The number of aliphatic imine (C=N–C) groups is 1. The van der Waals surface area contributed by atoms with Crippen LogP contribution in [0.4, 0.5) is 0 Å². The molecule has 0 spiro atoms. The van der Waals surface area contributed by atoms with Crippen molar-refractivity contribution in [3.8, 4) is 0 Å². The monoisotopic (exact) mass is 274 g/mol. The van der Waals surface area contributed by atoms with Crippen LogP contribution in [-0.2, 0) is 6.42 Å². The van der Waals surface area contributed by atoms with Crippen LogP contribution in [0.5, 0.6) is 0 Å². The molecule has 110 valence electrons. The lowest BCUT2D eigenvalue weighted by molar-refractivity contribution is 0.445. The van der Waals surface area contributed by atoms with E-state index in [4.69, 9.17) is 0 Å². The third-order valence-electron chi connectivity index (χ3n) is 3.91. The Morgan fingerprint density at radius 2 is 2.45 bits per heavy atom. The predicted octanol–water partition coefficient (Wildman–Crippen LogP) is 2.32. The molecule has 20 heavy (non-hydrogen) atoms. The minimum atomic E-state index is 0.844. The minimum absolute atomic E-state index is 0.844. The van der Waals surface area contributed by atoms with Crippen LogP contribution in [0.2, 0.25) is 0 Å². The van der Waals surface area contributed by atoms with E-state index in [-0.39, 0.29) is 0 Å². The molecule has 0 bridgehead atoms. The second-order valence-electron chi connectivity index (χ2n) is 5.47. The Hall–Kier alpha value is -1.58. The van der Waals surface area contributed by atoms with Gasteiger partial charge in [-0.15, -0.1) is 0 Å². The van der Waals surface area contributed by atoms with Gasteiger partial charge in [0.25, 0.3) is 0 Å². The Labute approximate surface area is 122 Å². The Bertz CT molecular complexity index is 416. The van der Waals surface area contributed by atoms with Gasteiger partial charge in [0, 0.05) is 39.1 Å². The fraction of sp³-hybridized carbons (Fsp3) is 0.625. The summed E-state index contributed by atoms with van der Waals surface area (Å²) in [6.45, 7) is 5.47. The zero-order valence-electron chi connectivity index (χ0n) is 12.7. The van der Waals surface area contributed by atoms with Crippen molar-refractivity contribution in [3.05, 3.63) is 30.1 Å². The zero-order valence-corrected chi connectivity index (χ0v) is 12.7. The number of guanidine groups is 1. The number of hydrogen-bond acceptors (Lipinski definition) is 2. The molecule has 1 atom stereocenters. The summed E-state index contributed by atoms with van der Waals surface area (Å²) in [5.41, 5.74) is 1.26. The Balaban J connectivity index is 1.76. The first-order valence-corrected chi connectivity index (χ1v) is 7.68. The van der Waals surface area contributed by atoms with Gasteiger partial charge in [-0.1, -0.05) is 19.4 Å². The summed E-state index contributed by atoms with van der Waals surface area (Å²) in [6.07, 6.45) is 8.65. The predicted molar refractivity (Wildman–Crippen MR) is 83.9 cm³/mol. The first kappa shape index (κ1) is 14.8. The van der Waals surface area contributed by atoms with Crippen LogP contribution >= 0.6 is 0 Å². The fourth-order valence-corrected chi connectivity index (χ4v) is 2.87. The summed E-state index contributed by atoms with van der Waals surface area (Å²) in [4.78, 5) is 10.9. The molecule has 1 aliphatic heterocycles. The Kier molecular flexibility index (Phi) is 5.84. The molecule has 0 aromatic carbocycles. The first-order valence-electron chi connectivity index (χ1n) is 7.68. The summed E-state index contributed by atoms with van der Waals surface area (Å²) in [7, 11) is 1.87. The van der Waals surface area contributed by atoms with Crippen LogP contribution < -0.4 is 5.32 Å². The number of rotatable bonds is 5. The lowest BCUT2D eigenvalue weighted by Crippen LogP contribution is -2.40. The molecule has 0 radical (unpaired) electrons. The summed E-state index contributed by atoms with van der Waals surface area (Å²) in [5, 5.41) is 3.47. The molecule has 4 heteroatoms. The minimum Gasteiger partial charge on any atom is -0.356 e. The largest absolute Gasteiger partial charge is 0.356 e. The van der Waals surface area contributed by atoms with Crippen LogP contribution in [0.25, 0.3) is 0 Å². The lowest BCUT2D eigenvalue weighted by Gasteiger charge is -2.21. The molecule has 1 saturated heterocycles. The average molecular weight is 274 g/mol. The second-order valence-corrected chi connectivity index (χ2v) is 5.47. The average Bonchev–Trinajstić information content (AvgIpc) is 2.94. The Morgan fingerprint density at radius 3 is 3.15 bits per heavy atom. The standard InChI is InChI=1S/C16H26N4/c1-3-5-15-8-11-20(13-15)16(17-2)19-10-7-14-6-4-9-18-12-14/h4,6,9,12,15H,3,5,7-8,10-11,13H2,1-2H3,(H,17,19)/t15-/m1/s1. The van der Waals surface area contributed by atoms with E-state index in [2.05, 4.69) is 33.2 Å².